The highest BCUT2D eigenvalue weighted by Gasteiger charge is 2.72. The summed E-state index contributed by atoms with van der Waals surface area (Å²) in [7, 11) is 0. The molecule has 0 bridgehead atoms. The van der Waals surface area contributed by atoms with Gasteiger partial charge in [-0.15, -0.1) is 5.10 Å². The SMILES string of the molecule is CC[C@@H](CO)N1C(=O)[C@H]2[C@@H]3C(=O)N[C@@H](c4ccccc4)COC(=O)CC/C=C\[C@@H]3O[C@]23C=CCN(Cn2nnc4ccccc42)C(=O)[C@H]13. The quantitative estimate of drug-likeness (QED) is 0.299. The van der Waals surface area contributed by atoms with Gasteiger partial charge in [-0.05, 0) is 30.5 Å². The lowest BCUT2D eigenvalue weighted by Crippen LogP contribution is -2.58. The van der Waals surface area contributed by atoms with Gasteiger partial charge in [0.2, 0.25) is 11.8 Å². The van der Waals surface area contributed by atoms with Crippen LogP contribution in [0.3, 0.4) is 0 Å². The highest BCUT2D eigenvalue weighted by molar-refractivity contribution is 6.00. The number of carbonyl (C=O) groups excluding carboxylic acids is 4. The monoisotopic (exact) mass is 654 g/mol. The first kappa shape index (κ1) is 31.7. The molecule has 3 aromatic rings. The van der Waals surface area contributed by atoms with Gasteiger partial charge in [0, 0.05) is 13.0 Å². The number of rotatable bonds is 6. The number of nitrogens with one attached hydrogen (secondary N) is 1. The Morgan fingerprint density at radius 2 is 1.83 bits per heavy atom. The van der Waals surface area contributed by atoms with Gasteiger partial charge in [-0.1, -0.05) is 78.9 Å². The van der Waals surface area contributed by atoms with Crippen LogP contribution in [0.15, 0.2) is 78.9 Å². The average molecular weight is 655 g/mol. The van der Waals surface area contributed by atoms with Gasteiger partial charge in [0.05, 0.1) is 42.1 Å². The van der Waals surface area contributed by atoms with Crippen LogP contribution in [0, 0.1) is 11.8 Å². The summed E-state index contributed by atoms with van der Waals surface area (Å²) < 4.78 is 14.0. The molecule has 0 radical (unpaired) electrons. The molecule has 3 amide bonds. The third-order valence-electron chi connectivity index (χ3n) is 9.89. The summed E-state index contributed by atoms with van der Waals surface area (Å²) in [5.41, 5.74) is 0.671. The Bertz CT molecular complexity index is 1770. The number of fused-ring (bicyclic) bond motifs is 3. The maximum absolute atomic E-state index is 14.7. The van der Waals surface area contributed by atoms with Crippen molar-refractivity contribution >= 4 is 34.7 Å². The second-order valence-corrected chi connectivity index (χ2v) is 12.6. The molecule has 2 aromatic carbocycles. The Hall–Kier alpha value is -4.88. The van der Waals surface area contributed by atoms with Gasteiger partial charge in [0.25, 0.3) is 5.91 Å². The van der Waals surface area contributed by atoms with Crippen molar-refractivity contribution < 1.29 is 33.8 Å². The molecule has 1 aromatic heterocycles. The summed E-state index contributed by atoms with van der Waals surface area (Å²) in [6, 6.07) is 14.1. The molecule has 2 N–H and O–H groups in total. The molecular weight excluding hydrogens is 616 g/mol. The van der Waals surface area contributed by atoms with E-state index in [-0.39, 0.29) is 38.8 Å². The van der Waals surface area contributed by atoms with Crippen LogP contribution in [0.2, 0.25) is 0 Å². The van der Waals surface area contributed by atoms with E-state index in [1.165, 1.54) is 4.90 Å². The minimum absolute atomic E-state index is 0.0684. The molecule has 0 aliphatic carbocycles. The molecule has 5 heterocycles. The maximum Gasteiger partial charge on any atom is 0.306 e. The zero-order chi connectivity index (χ0) is 33.4. The first-order chi connectivity index (χ1) is 23.4. The van der Waals surface area contributed by atoms with Crippen molar-refractivity contribution in [2.75, 3.05) is 19.8 Å². The molecule has 13 nitrogen and oxygen atoms in total. The lowest BCUT2D eigenvalue weighted by atomic mass is 9.77. The Balaban J connectivity index is 1.29. The number of nitrogens with zero attached hydrogens (tertiary/aromatic N) is 5. The maximum atomic E-state index is 14.7. The van der Waals surface area contributed by atoms with E-state index >= 15 is 0 Å². The first-order valence-corrected chi connectivity index (χ1v) is 16.4. The predicted molar refractivity (Wildman–Crippen MR) is 171 cm³/mol. The van der Waals surface area contributed by atoms with Crippen LogP contribution < -0.4 is 5.32 Å². The van der Waals surface area contributed by atoms with E-state index in [2.05, 4.69) is 15.6 Å². The van der Waals surface area contributed by atoms with Crippen LogP contribution in [-0.4, -0.2) is 97.1 Å². The van der Waals surface area contributed by atoms with Crippen molar-refractivity contribution in [2.24, 2.45) is 11.8 Å². The Kier molecular flexibility index (Phi) is 8.56. The molecule has 0 saturated carbocycles. The Morgan fingerprint density at radius 3 is 2.62 bits per heavy atom. The summed E-state index contributed by atoms with van der Waals surface area (Å²) in [5.74, 6) is -3.75. The van der Waals surface area contributed by atoms with Crippen molar-refractivity contribution in [3.05, 3.63) is 84.5 Å². The van der Waals surface area contributed by atoms with Crippen molar-refractivity contribution in [1.29, 1.82) is 0 Å². The summed E-state index contributed by atoms with van der Waals surface area (Å²) in [6.07, 6.45) is 7.02. The number of aliphatic hydroxyl groups is 1. The van der Waals surface area contributed by atoms with E-state index in [9.17, 15) is 24.3 Å². The average Bonchev–Trinajstić information content (AvgIpc) is 3.70. The fourth-order valence-electron chi connectivity index (χ4n) is 7.54. The number of cyclic esters (lactones) is 1. The van der Waals surface area contributed by atoms with Crippen LogP contribution in [0.5, 0.6) is 0 Å². The molecule has 2 fully saturated rings. The zero-order valence-corrected chi connectivity index (χ0v) is 26.6. The number of aliphatic hydroxyl groups excluding tert-OH is 1. The minimum Gasteiger partial charge on any atom is -0.463 e. The fraction of sp³-hybridized carbons (Fsp3) is 0.429. The van der Waals surface area contributed by atoms with Crippen molar-refractivity contribution in [1.82, 2.24) is 30.1 Å². The number of hydrogen-bond donors (Lipinski definition) is 2. The zero-order valence-electron chi connectivity index (χ0n) is 26.6. The number of likely N-dealkylation sites (tertiary alicyclic amines) is 1. The second-order valence-electron chi connectivity index (χ2n) is 12.6. The number of aromatic nitrogens is 3. The molecular formula is C35H38N6O7. The van der Waals surface area contributed by atoms with Gasteiger partial charge in [-0.2, -0.15) is 0 Å². The van der Waals surface area contributed by atoms with Crippen molar-refractivity contribution in [3.8, 4) is 0 Å². The fourth-order valence-corrected chi connectivity index (χ4v) is 7.54. The van der Waals surface area contributed by atoms with E-state index in [1.807, 2.05) is 61.5 Å². The summed E-state index contributed by atoms with van der Waals surface area (Å²) in [5, 5.41) is 22.0. The molecule has 0 unspecified atom stereocenters. The summed E-state index contributed by atoms with van der Waals surface area (Å²) in [4.78, 5) is 59.3. The van der Waals surface area contributed by atoms with E-state index in [1.54, 1.807) is 33.9 Å². The molecule has 13 heteroatoms. The molecule has 7 rings (SSSR count). The highest BCUT2D eigenvalue weighted by atomic mass is 16.5. The number of amides is 3. The van der Waals surface area contributed by atoms with Crippen LogP contribution in [0.25, 0.3) is 11.0 Å². The third kappa shape index (κ3) is 5.36. The summed E-state index contributed by atoms with van der Waals surface area (Å²) >= 11 is 0. The van der Waals surface area contributed by atoms with Gasteiger partial charge in [-0.3, -0.25) is 19.2 Å². The molecule has 1 spiro atoms. The van der Waals surface area contributed by atoms with E-state index in [4.69, 9.17) is 9.47 Å². The number of esters is 1. The van der Waals surface area contributed by atoms with Gasteiger partial charge < -0.3 is 29.7 Å². The number of allylic oxidation sites excluding steroid dienone is 1. The first-order valence-electron chi connectivity index (χ1n) is 16.4. The smallest absolute Gasteiger partial charge is 0.306 e. The molecule has 250 valence electrons. The van der Waals surface area contributed by atoms with Crippen molar-refractivity contribution in [2.45, 2.75) is 62.7 Å². The van der Waals surface area contributed by atoms with Gasteiger partial charge >= 0.3 is 5.97 Å². The predicted octanol–water partition coefficient (Wildman–Crippen LogP) is 1.89. The van der Waals surface area contributed by atoms with E-state index in [0.717, 1.165) is 11.1 Å². The molecule has 2 saturated heterocycles. The number of carbonyl (C=O) groups is 4. The number of para-hydroxylation sites is 1. The van der Waals surface area contributed by atoms with E-state index < -0.39 is 59.5 Å². The number of benzene rings is 2. The Labute approximate surface area is 277 Å². The van der Waals surface area contributed by atoms with Gasteiger partial charge in [-0.25, -0.2) is 4.68 Å². The second kappa shape index (κ2) is 13.0. The number of hydrogen-bond acceptors (Lipinski definition) is 9. The largest absolute Gasteiger partial charge is 0.463 e. The minimum atomic E-state index is -1.50. The highest BCUT2D eigenvalue weighted by Crippen LogP contribution is 2.53. The summed E-state index contributed by atoms with van der Waals surface area (Å²) in [6.45, 7) is 1.66. The lowest BCUT2D eigenvalue weighted by Gasteiger charge is -2.38. The van der Waals surface area contributed by atoms with Gasteiger partial charge in [0.1, 0.15) is 30.4 Å². The van der Waals surface area contributed by atoms with Crippen LogP contribution in [-0.2, 0) is 35.3 Å². The lowest BCUT2D eigenvalue weighted by molar-refractivity contribution is -0.152. The van der Waals surface area contributed by atoms with Gasteiger partial charge in [0.15, 0.2) is 0 Å². The Morgan fingerprint density at radius 1 is 1.04 bits per heavy atom. The molecule has 4 aliphatic heterocycles. The number of ether oxygens (including phenoxy) is 2. The van der Waals surface area contributed by atoms with Crippen molar-refractivity contribution in [3.63, 3.8) is 0 Å². The van der Waals surface area contributed by atoms with Crippen LogP contribution in [0.4, 0.5) is 0 Å². The molecule has 4 aliphatic rings. The molecule has 7 atom stereocenters. The van der Waals surface area contributed by atoms with Crippen LogP contribution in [0.1, 0.15) is 37.8 Å². The third-order valence-corrected chi connectivity index (χ3v) is 9.89. The normalized spacial score (nSPS) is 30.4. The molecule has 48 heavy (non-hydrogen) atoms. The topological polar surface area (TPSA) is 156 Å². The standard InChI is InChI=1S/C35H38N6O7/c1-2-23(19-42)41-31-34(46)39(21-40-26-14-7-6-13-24(26)37-38-40)18-10-17-35(31)30(33(41)45)29-27(48-35)15-8-9-16-28(43)47-20-25(36-32(29)44)22-11-4-3-5-12-22/h3-8,10-15,17,23,25,27,29-31,42H,2,9,16,18-21H2,1H3,(H,36,44)/b15-8-/t23-,25+,27-,29+,30+,31-,35+/m0/s1. The van der Waals surface area contributed by atoms with E-state index in [0.29, 0.717) is 18.4 Å². The van der Waals surface area contributed by atoms with Crippen LogP contribution >= 0.6 is 0 Å².